The van der Waals surface area contributed by atoms with Crippen LogP contribution < -0.4 is 10.6 Å². The van der Waals surface area contributed by atoms with Crippen LogP contribution in [-0.2, 0) is 0 Å². The van der Waals surface area contributed by atoms with Gasteiger partial charge in [0.15, 0.2) is 0 Å². The summed E-state index contributed by atoms with van der Waals surface area (Å²) in [7, 11) is 1.96. The Kier molecular flexibility index (Phi) is 8.59. The lowest BCUT2D eigenvalue weighted by atomic mass is 9.85. The van der Waals surface area contributed by atoms with Crippen molar-refractivity contribution in [3.05, 3.63) is 174 Å². The fourth-order valence-electron chi connectivity index (χ4n) is 9.15. The van der Waals surface area contributed by atoms with Gasteiger partial charge in [-0.15, -0.1) is 0 Å². The Hall–Kier alpha value is -5.93. The van der Waals surface area contributed by atoms with Gasteiger partial charge >= 0.3 is 0 Å². The van der Waals surface area contributed by atoms with Gasteiger partial charge in [-0.05, 0) is 107 Å². The van der Waals surface area contributed by atoms with Gasteiger partial charge in [-0.1, -0.05) is 146 Å². The third-order valence-corrected chi connectivity index (χ3v) is 12.4. The third kappa shape index (κ3) is 6.32. The molecule has 2 saturated carbocycles. The molecule has 3 nitrogen and oxygen atoms in total. The van der Waals surface area contributed by atoms with Crippen molar-refractivity contribution in [1.82, 2.24) is 4.98 Å². The molecular formula is C52H47N3. The molecule has 1 heterocycles. The number of nitrogens with one attached hydrogen (secondary N) is 2. The molecule has 5 aliphatic carbocycles. The zero-order valence-corrected chi connectivity index (χ0v) is 31.7. The first-order valence-corrected chi connectivity index (χ1v) is 20.2. The predicted molar refractivity (Wildman–Crippen MR) is 235 cm³/mol. The van der Waals surface area contributed by atoms with E-state index in [1.165, 1.54) is 85.3 Å². The molecule has 55 heavy (non-hydrogen) atoms. The van der Waals surface area contributed by atoms with E-state index in [2.05, 4.69) is 169 Å². The topological polar surface area (TPSA) is 37.0 Å². The molecule has 11 rings (SSSR count). The number of aromatic nitrogens is 1. The van der Waals surface area contributed by atoms with Crippen molar-refractivity contribution in [2.45, 2.75) is 44.9 Å². The average molecular weight is 714 g/mol. The summed E-state index contributed by atoms with van der Waals surface area (Å²) >= 11 is 0. The molecule has 0 radical (unpaired) electrons. The van der Waals surface area contributed by atoms with E-state index >= 15 is 0 Å². The van der Waals surface area contributed by atoms with Gasteiger partial charge in [-0.2, -0.15) is 0 Å². The molecule has 0 bridgehead atoms. The van der Waals surface area contributed by atoms with Gasteiger partial charge < -0.3 is 10.6 Å². The number of anilines is 2. The molecule has 0 saturated heterocycles. The molecule has 4 atom stereocenters. The largest absolute Gasteiger partial charge is 0.386 e. The minimum absolute atomic E-state index is 0.626. The molecule has 5 aromatic carbocycles. The molecular weight excluding hydrogens is 667 g/mol. The molecule has 2 fully saturated rings. The van der Waals surface area contributed by atoms with Crippen LogP contribution in [0, 0.1) is 17.8 Å². The number of hydrogen-bond acceptors (Lipinski definition) is 3. The minimum atomic E-state index is 0.626. The standard InChI is InChI=1S/C37H29N.C15H18N2/c1-2-23-8-7-9-24(15-14-23)25-16-18-26(19-17-25)36-32-13-6-4-11-29(32)35-34-30(21-20-27-22-33(27)34)28-10-3-5-12-31(28)37(35)38-36;1-16-14-7-2-3-8-15(14)17-13-6-4-5-11-9-12(11)10-13/h3-6,8-21,27,33H,2,7,22H2,1H3;2-8,11-12,16-17H,9-10H2,1H3. The van der Waals surface area contributed by atoms with E-state index in [1.807, 2.05) is 7.05 Å². The first kappa shape index (κ1) is 33.6. The van der Waals surface area contributed by atoms with Crippen LogP contribution in [0.25, 0.3) is 55.4 Å². The van der Waals surface area contributed by atoms with E-state index in [0.717, 1.165) is 47.3 Å². The highest BCUT2D eigenvalue weighted by atomic mass is 14.9. The molecule has 6 aromatic rings. The predicted octanol–water partition coefficient (Wildman–Crippen LogP) is 13.6. The van der Waals surface area contributed by atoms with Crippen molar-refractivity contribution in [2.75, 3.05) is 17.7 Å². The number of nitrogens with zero attached hydrogens (tertiary/aromatic N) is 1. The highest BCUT2D eigenvalue weighted by molar-refractivity contribution is 6.22. The smallest absolute Gasteiger partial charge is 0.0797 e. The van der Waals surface area contributed by atoms with Gasteiger partial charge in [0.05, 0.1) is 22.6 Å². The number of para-hydroxylation sites is 2. The van der Waals surface area contributed by atoms with Crippen molar-refractivity contribution in [3.8, 4) is 11.3 Å². The van der Waals surface area contributed by atoms with Crippen molar-refractivity contribution in [3.63, 3.8) is 0 Å². The summed E-state index contributed by atoms with van der Waals surface area (Å²) in [6.45, 7) is 2.22. The van der Waals surface area contributed by atoms with Crippen LogP contribution in [-0.4, -0.2) is 12.0 Å². The molecule has 270 valence electrons. The molecule has 4 unspecified atom stereocenters. The number of allylic oxidation sites excluding steroid dienone is 11. The number of pyridine rings is 1. The molecule has 3 heteroatoms. The van der Waals surface area contributed by atoms with Crippen molar-refractivity contribution >= 4 is 55.5 Å². The van der Waals surface area contributed by atoms with E-state index in [0.29, 0.717) is 11.8 Å². The quantitative estimate of drug-likeness (QED) is 0.169. The van der Waals surface area contributed by atoms with E-state index in [9.17, 15) is 0 Å². The maximum Gasteiger partial charge on any atom is 0.0797 e. The normalized spacial score (nSPS) is 21.5. The van der Waals surface area contributed by atoms with E-state index in [1.54, 1.807) is 0 Å². The fraction of sp³-hybridized carbons (Fsp3) is 0.212. The van der Waals surface area contributed by atoms with E-state index in [-0.39, 0.29) is 0 Å². The summed E-state index contributed by atoms with van der Waals surface area (Å²) in [6.07, 6.45) is 26.6. The average Bonchev–Trinajstić information content (AvgIpc) is 4.16. The van der Waals surface area contributed by atoms with Crippen LogP contribution in [0.15, 0.2) is 157 Å². The maximum absolute atomic E-state index is 5.48. The van der Waals surface area contributed by atoms with Gasteiger partial charge in [0, 0.05) is 34.5 Å². The second-order valence-electron chi connectivity index (χ2n) is 15.8. The highest BCUT2D eigenvalue weighted by Crippen LogP contribution is 2.57. The van der Waals surface area contributed by atoms with Crippen molar-refractivity contribution < 1.29 is 0 Å². The summed E-state index contributed by atoms with van der Waals surface area (Å²) in [4.78, 5) is 5.48. The Morgan fingerprint density at radius 2 is 1.44 bits per heavy atom. The molecule has 0 amide bonds. The number of rotatable bonds is 6. The molecule has 2 N–H and O–H groups in total. The second-order valence-corrected chi connectivity index (χ2v) is 15.8. The highest BCUT2D eigenvalue weighted by Gasteiger charge is 2.42. The summed E-state index contributed by atoms with van der Waals surface area (Å²) in [5.41, 5.74) is 13.9. The Balaban J connectivity index is 0.000000183. The lowest BCUT2D eigenvalue weighted by Crippen LogP contribution is -2.03. The first-order valence-electron chi connectivity index (χ1n) is 20.2. The van der Waals surface area contributed by atoms with E-state index in [4.69, 9.17) is 4.98 Å². The number of benzene rings is 5. The lowest BCUT2D eigenvalue weighted by Gasteiger charge is -2.20. The van der Waals surface area contributed by atoms with Crippen LogP contribution in [0.4, 0.5) is 11.4 Å². The van der Waals surface area contributed by atoms with Crippen molar-refractivity contribution in [1.29, 1.82) is 0 Å². The Bertz CT molecular complexity index is 2670. The van der Waals surface area contributed by atoms with E-state index < -0.39 is 0 Å². The second kappa shape index (κ2) is 14.0. The summed E-state index contributed by atoms with van der Waals surface area (Å²) < 4.78 is 0. The van der Waals surface area contributed by atoms with Gasteiger partial charge in [-0.25, -0.2) is 4.98 Å². The van der Waals surface area contributed by atoms with Crippen LogP contribution in [0.1, 0.15) is 61.6 Å². The third-order valence-electron chi connectivity index (χ3n) is 12.4. The minimum Gasteiger partial charge on any atom is -0.386 e. The lowest BCUT2D eigenvalue weighted by molar-refractivity contribution is 0.784. The Labute approximate surface area is 324 Å². The zero-order valence-electron chi connectivity index (χ0n) is 31.7. The Morgan fingerprint density at radius 3 is 2.25 bits per heavy atom. The molecule has 5 aliphatic rings. The molecule has 1 aromatic heterocycles. The van der Waals surface area contributed by atoms with Crippen LogP contribution in [0.3, 0.4) is 0 Å². The van der Waals surface area contributed by atoms with Crippen LogP contribution >= 0.6 is 0 Å². The number of fused-ring (bicyclic) bond motifs is 11. The van der Waals surface area contributed by atoms with Gasteiger partial charge in [0.1, 0.15) is 0 Å². The maximum atomic E-state index is 5.48. The summed E-state index contributed by atoms with van der Waals surface area (Å²) in [5.74, 6) is 3.02. The monoisotopic (exact) mass is 713 g/mol. The SMILES string of the molecule is CCC1=CCC=C(c2ccc(-c3nc4c5ccccc5c5c(c4c4ccccc34)C3CC3C=C5)cc2)C=C1.CNc1ccccc1NC1=CC=CC2CC2C1. The van der Waals surface area contributed by atoms with Crippen LogP contribution in [0.2, 0.25) is 0 Å². The van der Waals surface area contributed by atoms with Crippen molar-refractivity contribution in [2.24, 2.45) is 17.8 Å². The first-order chi connectivity index (χ1) is 27.2. The Morgan fingerprint density at radius 1 is 0.691 bits per heavy atom. The zero-order chi connectivity index (χ0) is 36.9. The summed E-state index contributed by atoms with van der Waals surface area (Å²) in [6, 6.07) is 35.1. The number of hydrogen-bond donors (Lipinski definition) is 2. The van der Waals surface area contributed by atoms with Gasteiger partial charge in [0.25, 0.3) is 0 Å². The van der Waals surface area contributed by atoms with Gasteiger partial charge in [-0.3, -0.25) is 0 Å². The molecule has 0 spiro atoms. The fourth-order valence-corrected chi connectivity index (χ4v) is 9.15. The molecule has 0 aliphatic heterocycles. The summed E-state index contributed by atoms with van der Waals surface area (Å²) in [5, 5.41) is 13.3. The van der Waals surface area contributed by atoms with Crippen LogP contribution in [0.5, 0.6) is 0 Å². The van der Waals surface area contributed by atoms with Gasteiger partial charge in [0.2, 0.25) is 0 Å².